The second-order valence-electron chi connectivity index (χ2n) is 7.88. The van der Waals surface area contributed by atoms with E-state index in [-0.39, 0.29) is 11.8 Å². The summed E-state index contributed by atoms with van der Waals surface area (Å²) in [6, 6.07) is 7.82. The molecule has 0 spiro atoms. The Balaban J connectivity index is 2.41. The van der Waals surface area contributed by atoms with Gasteiger partial charge < -0.3 is 9.84 Å². The van der Waals surface area contributed by atoms with E-state index in [0.29, 0.717) is 12.0 Å². The minimum atomic E-state index is -0.968. The lowest BCUT2D eigenvalue weighted by Crippen LogP contribution is -2.52. The number of amides is 1. The maximum atomic E-state index is 13.0. The van der Waals surface area contributed by atoms with E-state index in [1.54, 1.807) is 24.3 Å². The zero-order valence-electron chi connectivity index (χ0n) is 15.0. The van der Waals surface area contributed by atoms with E-state index in [1.807, 2.05) is 40.7 Å². The van der Waals surface area contributed by atoms with E-state index in [9.17, 15) is 14.7 Å². The fraction of sp³-hybridized carbons (Fsp3) is 0.579. The Kier molecular flexibility index (Phi) is 5.33. The zero-order chi connectivity index (χ0) is 18.1. The number of esters is 1. The summed E-state index contributed by atoms with van der Waals surface area (Å²) < 4.78 is 5.50. The van der Waals surface area contributed by atoms with E-state index >= 15 is 0 Å². The van der Waals surface area contributed by atoms with E-state index in [2.05, 4.69) is 0 Å². The predicted octanol–water partition coefficient (Wildman–Crippen LogP) is 2.83. The van der Waals surface area contributed by atoms with Crippen molar-refractivity contribution in [1.29, 1.82) is 0 Å². The van der Waals surface area contributed by atoms with Gasteiger partial charge in [0.1, 0.15) is 0 Å². The van der Waals surface area contributed by atoms with Crippen LogP contribution in [0, 0.1) is 11.3 Å². The molecule has 0 aliphatic carbocycles. The molecule has 1 aromatic rings. The molecule has 0 saturated carbocycles. The predicted molar refractivity (Wildman–Crippen MR) is 91.2 cm³/mol. The molecule has 1 fully saturated rings. The largest absolute Gasteiger partial charge is 0.439 e. The van der Waals surface area contributed by atoms with Crippen molar-refractivity contribution in [2.75, 3.05) is 0 Å². The van der Waals surface area contributed by atoms with Gasteiger partial charge in [0.2, 0.25) is 0 Å². The van der Waals surface area contributed by atoms with Crippen LogP contribution in [0.25, 0.3) is 0 Å². The van der Waals surface area contributed by atoms with Crippen LogP contribution in [-0.2, 0) is 9.53 Å². The zero-order valence-corrected chi connectivity index (χ0v) is 15.0. The van der Waals surface area contributed by atoms with Gasteiger partial charge in [-0.25, -0.2) is 4.79 Å². The minimum Gasteiger partial charge on any atom is -0.439 e. The fourth-order valence-corrected chi connectivity index (χ4v) is 3.01. The molecular formula is C19H27NO4. The molecule has 0 bridgehead atoms. The van der Waals surface area contributed by atoms with Gasteiger partial charge in [0.15, 0.2) is 12.3 Å². The smallest absolute Gasteiger partial charge is 0.333 e. The highest BCUT2D eigenvalue weighted by molar-refractivity contribution is 5.98. The van der Waals surface area contributed by atoms with Gasteiger partial charge in [-0.15, -0.1) is 0 Å². The summed E-state index contributed by atoms with van der Waals surface area (Å²) in [6.45, 7) is 9.66. The van der Waals surface area contributed by atoms with Gasteiger partial charge in [-0.1, -0.05) is 52.8 Å². The molecule has 1 aromatic carbocycles. The topological polar surface area (TPSA) is 66.8 Å². The Morgan fingerprint density at radius 2 is 1.83 bits per heavy atom. The maximum absolute atomic E-state index is 13.0. The van der Waals surface area contributed by atoms with Crippen molar-refractivity contribution in [3.05, 3.63) is 35.9 Å². The number of hydrogen-bond acceptors (Lipinski definition) is 4. The van der Waals surface area contributed by atoms with Gasteiger partial charge in [0.05, 0.1) is 6.10 Å². The summed E-state index contributed by atoms with van der Waals surface area (Å²) in [4.78, 5) is 26.9. The van der Waals surface area contributed by atoms with Gasteiger partial charge in [-0.2, -0.15) is 0 Å². The molecule has 1 aliphatic heterocycles. The van der Waals surface area contributed by atoms with Crippen molar-refractivity contribution < 1.29 is 19.4 Å². The standard InChI is InChI=1S/C19H27NO4/c1-12(2)11-14(21)15-17(23)24-18(19(3,4)5)20(15)16(22)13-9-7-6-8-10-13/h6-10,12,14-15,18,21H,11H2,1-5H3. The molecule has 0 radical (unpaired) electrons. The Morgan fingerprint density at radius 1 is 1.25 bits per heavy atom. The molecule has 132 valence electrons. The first-order chi connectivity index (χ1) is 11.1. The van der Waals surface area contributed by atoms with Crippen molar-refractivity contribution in [3.63, 3.8) is 0 Å². The quantitative estimate of drug-likeness (QED) is 0.861. The summed E-state index contributed by atoms with van der Waals surface area (Å²) in [5, 5.41) is 10.5. The molecule has 1 heterocycles. The van der Waals surface area contributed by atoms with Crippen LogP contribution in [0.15, 0.2) is 30.3 Å². The Hall–Kier alpha value is -1.88. The van der Waals surface area contributed by atoms with Crippen molar-refractivity contribution in [1.82, 2.24) is 4.90 Å². The van der Waals surface area contributed by atoms with Crippen LogP contribution in [0.2, 0.25) is 0 Å². The molecule has 5 heteroatoms. The summed E-state index contributed by atoms with van der Waals surface area (Å²) in [5.74, 6) is -0.628. The van der Waals surface area contributed by atoms with E-state index < -0.39 is 29.8 Å². The highest BCUT2D eigenvalue weighted by Crippen LogP contribution is 2.35. The Morgan fingerprint density at radius 3 is 2.33 bits per heavy atom. The van der Waals surface area contributed by atoms with Gasteiger partial charge >= 0.3 is 5.97 Å². The number of carbonyl (C=O) groups is 2. The summed E-state index contributed by atoms with van der Waals surface area (Å²) >= 11 is 0. The third-order valence-corrected chi connectivity index (χ3v) is 4.10. The number of aliphatic hydroxyl groups is 1. The van der Waals surface area contributed by atoms with Crippen molar-refractivity contribution in [2.45, 2.75) is 59.4 Å². The number of cyclic esters (lactones) is 1. The molecule has 3 atom stereocenters. The molecule has 5 nitrogen and oxygen atoms in total. The third kappa shape index (κ3) is 3.78. The summed E-state index contributed by atoms with van der Waals surface area (Å²) in [6.07, 6.45) is -1.23. The highest BCUT2D eigenvalue weighted by Gasteiger charge is 2.52. The first kappa shape index (κ1) is 18.5. The van der Waals surface area contributed by atoms with Crippen LogP contribution in [0.5, 0.6) is 0 Å². The third-order valence-electron chi connectivity index (χ3n) is 4.10. The van der Waals surface area contributed by atoms with Crippen LogP contribution in [0.4, 0.5) is 0 Å². The number of aliphatic hydroxyl groups excluding tert-OH is 1. The molecule has 1 saturated heterocycles. The normalized spacial score (nSPS) is 22.6. The van der Waals surface area contributed by atoms with Gasteiger partial charge in [-0.3, -0.25) is 9.69 Å². The number of rotatable bonds is 4. The number of hydrogen-bond donors (Lipinski definition) is 1. The van der Waals surface area contributed by atoms with Crippen LogP contribution >= 0.6 is 0 Å². The SMILES string of the molecule is CC(C)CC(O)C1C(=O)OC(C(C)(C)C)N1C(=O)c1ccccc1. The lowest BCUT2D eigenvalue weighted by atomic mass is 9.91. The fourth-order valence-electron chi connectivity index (χ4n) is 3.01. The minimum absolute atomic E-state index is 0.204. The number of nitrogens with zero attached hydrogens (tertiary/aromatic N) is 1. The first-order valence-electron chi connectivity index (χ1n) is 8.39. The average molecular weight is 333 g/mol. The van der Waals surface area contributed by atoms with E-state index in [4.69, 9.17) is 4.74 Å². The number of ether oxygens (including phenoxy) is 1. The van der Waals surface area contributed by atoms with E-state index in [0.717, 1.165) is 0 Å². The maximum Gasteiger partial charge on any atom is 0.333 e. The number of benzene rings is 1. The van der Waals surface area contributed by atoms with Gasteiger partial charge in [-0.05, 0) is 24.5 Å². The molecule has 1 amide bonds. The average Bonchev–Trinajstić information content (AvgIpc) is 2.84. The Bertz CT molecular complexity index is 591. The van der Waals surface area contributed by atoms with Crippen LogP contribution in [-0.4, -0.2) is 40.3 Å². The monoisotopic (exact) mass is 333 g/mol. The molecule has 3 unspecified atom stereocenters. The number of carbonyl (C=O) groups excluding carboxylic acids is 2. The Labute approximate surface area is 143 Å². The summed E-state index contributed by atoms with van der Waals surface area (Å²) in [7, 11) is 0. The molecule has 0 aromatic heterocycles. The molecule has 2 rings (SSSR count). The van der Waals surface area contributed by atoms with Crippen LogP contribution < -0.4 is 0 Å². The van der Waals surface area contributed by atoms with Crippen LogP contribution in [0.1, 0.15) is 51.4 Å². The second kappa shape index (κ2) is 6.93. The lowest BCUT2D eigenvalue weighted by molar-refractivity contribution is -0.148. The second-order valence-corrected chi connectivity index (χ2v) is 7.88. The van der Waals surface area contributed by atoms with E-state index in [1.165, 1.54) is 4.90 Å². The lowest BCUT2D eigenvalue weighted by Gasteiger charge is -2.35. The highest BCUT2D eigenvalue weighted by atomic mass is 16.6. The van der Waals surface area contributed by atoms with Gasteiger partial charge in [0, 0.05) is 11.0 Å². The van der Waals surface area contributed by atoms with Gasteiger partial charge in [0.25, 0.3) is 5.91 Å². The van der Waals surface area contributed by atoms with Crippen molar-refractivity contribution in [2.24, 2.45) is 11.3 Å². The molecule has 24 heavy (non-hydrogen) atoms. The van der Waals surface area contributed by atoms with Crippen molar-refractivity contribution >= 4 is 11.9 Å². The molecule has 1 N–H and O–H groups in total. The molecular weight excluding hydrogens is 306 g/mol. The van der Waals surface area contributed by atoms with Crippen LogP contribution in [0.3, 0.4) is 0 Å². The summed E-state index contributed by atoms with van der Waals surface area (Å²) in [5.41, 5.74) is 0.0265. The van der Waals surface area contributed by atoms with Crippen molar-refractivity contribution in [3.8, 4) is 0 Å². The molecule has 1 aliphatic rings. The first-order valence-corrected chi connectivity index (χ1v) is 8.39.